The standard InChI is InChI=1S/C19H19FN4O2S/c20-13-5-4-12-21-14(13)6-2-1-3-11-22-18-10-7-15(23-24-18)16-8-9-17(27-16)19(25)26/h4-5,7-10,12H,1-3,6,11H2,(H,22,24)(H,25,26). The van der Waals surface area contributed by atoms with E-state index >= 15 is 0 Å². The third-order valence-electron chi connectivity index (χ3n) is 3.96. The molecule has 0 saturated carbocycles. The number of carboxylic acids is 1. The van der Waals surface area contributed by atoms with Crippen LogP contribution in [-0.4, -0.2) is 32.8 Å². The van der Waals surface area contributed by atoms with Crippen LogP contribution < -0.4 is 5.32 Å². The Kier molecular flexibility index (Phi) is 6.43. The van der Waals surface area contributed by atoms with Crippen LogP contribution in [0.4, 0.5) is 10.2 Å². The Bertz CT molecular complexity index is 899. The predicted molar refractivity (Wildman–Crippen MR) is 103 cm³/mol. The summed E-state index contributed by atoms with van der Waals surface area (Å²) >= 11 is 1.17. The maximum Gasteiger partial charge on any atom is 0.345 e. The Morgan fingerprint density at radius 2 is 2.00 bits per heavy atom. The highest BCUT2D eigenvalue weighted by Crippen LogP contribution is 2.26. The van der Waals surface area contributed by atoms with Gasteiger partial charge in [0.25, 0.3) is 0 Å². The zero-order chi connectivity index (χ0) is 19.1. The van der Waals surface area contributed by atoms with E-state index in [4.69, 9.17) is 5.11 Å². The Hall–Kier alpha value is -2.87. The number of anilines is 1. The summed E-state index contributed by atoms with van der Waals surface area (Å²) in [6.45, 7) is 0.751. The third-order valence-corrected chi connectivity index (χ3v) is 5.06. The quantitative estimate of drug-likeness (QED) is 0.534. The van der Waals surface area contributed by atoms with Crippen molar-refractivity contribution in [2.75, 3.05) is 11.9 Å². The lowest BCUT2D eigenvalue weighted by Gasteiger charge is -2.06. The molecular weight excluding hydrogens is 367 g/mol. The molecule has 6 nitrogen and oxygen atoms in total. The average Bonchev–Trinajstić information content (AvgIpc) is 3.17. The lowest BCUT2D eigenvalue weighted by Crippen LogP contribution is -2.04. The van der Waals surface area contributed by atoms with Crippen molar-refractivity contribution < 1.29 is 14.3 Å². The Morgan fingerprint density at radius 3 is 2.70 bits per heavy atom. The lowest BCUT2D eigenvalue weighted by atomic mass is 10.1. The molecule has 2 N–H and O–H groups in total. The smallest absolute Gasteiger partial charge is 0.345 e. The van der Waals surface area contributed by atoms with Gasteiger partial charge >= 0.3 is 5.97 Å². The van der Waals surface area contributed by atoms with Gasteiger partial charge in [-0.25, -0.2) is 9.18 Å². The number of carbonyl (C=O) groups is 1. The van der Waals surface area contributed by atoms with Crippen LogP contribution in [0.1, 0.15) is 34.6 Å². The van der Waals surface area contributed by atoms with Gasteiger partial charge in [0.2, 0.25) is 0 Å². The molecule has 0 radical (unpaired) electrons. The summed E-state index contributed by atoms with van der Waals surface area (Å²) in [5, 5.41) is 20.4. The molecule has 3 rings (SSSR count). The van der Waals surface area contributed by atoms with Crippen molar-refractivity contribution in [3.05, 3.63) is 59.0 Å². The van der Waals surface area contributed by atoms with Gasteiger partial charge in [-0.3, -0.25) is 4.98 Å². The fraction of sp³-hybridized carbons (Fsp3) is 0.263. The molecule has 0 fully saturated rings. The fourth-order valence-corrected chi connectivity index (χ4v) is 3.37. The highest BCUT2D eigenvalue weighted by atomic mass is 32.1. The number of pyridine rings is 1. The van der Waals surface area contributed by atoms with Gasteiger partial charge in [0.15, 0.2) is 0 Å². The van der Waals surface area contributed by atoms with Gasteiger partial charge in [-0.05, 0) is 55.7 Å². The first kappa shape index (κ1) is 18.9. The largest absolute Gasteiger partial charge is 0.477 e. The summed E-state index contributed by atoms with van der Waals surface area (Å²) in [7, 11) is 0. The summed E-state index contributed by atoms with van der Waals surface area (Å²) in [4.78, 5) is 16.0. The molecule has 140 valence electrons. The molecule has 0 saturated heterocycles. The van der Waals surface area contributed by atoms with E-state index in [0.717, 1.165) is 30.7 Å². The topological polar surface area (TPSA) is 88.0 Å². The van der Waals surface area contributed by atoms with E-state index in [1.165, 1.54) is 17.4 Å². The minimum atomic E-state index is -0.941. The van der Waals surface area contributed by atoms with Gasteiger partial charge in [-0.1, -0.05) is 6.42 Å². The van der Waals surface area contributed by atoms with Gasteiger partial charge < -0.3 is 10.4 Å². The van der Waals surface area contributed by atoms with Crippen molar-refractivity contribution in [3.8, 4) is 10.6 Å². The summed E-state index contributed by atoms with van der Waals surface area (Å²) in [5.74, 6) is -0.514. The number of unbranched alkanes of at least 4 members (excludes halogenated alkanes) is 2. The van der Waals surface area contributed by atoms with E-state index in [1.54, 1.807) is 24.4 Å². The van der Waals surface area contributed by atoms with Crippen molar-refractivity contribution >= 4 is 23.1 Å². The van der Waals surface area contributed by atoms with Gasteiger partial charge in [0.1, 0.15) is 22.2 Å². The maximum atomic E-state index is 13.5. The van der Waals surface area contributed by atoms with Crippen LogP contribution >= 0.6 is 11.3 Å². The van der Waals surface area contributed by atoms with Crippen LogP contribution in [0.2, 0.25) is 0 Å². The molecule has 8 heteroatoms. The predicted octanol–water partition coefficient (Wildman–Crippen LogP) is 4.26. The summed E-state index contributed by atoms with van der Waals surface area (Å²) in [6.07, 6.45) is 5.03. The SMILES string of the molecule is O=C(O)c1ccc(-c2ccc(NCCCCCc3ncccc3F)nn2)s1. The number of aromatic nitrogens is 3. The van der Waals surface area contributed by atoms with Crippen LogP contribution in [0.25, 0.3) is 10.6 Å². The van der Waals surface area contributed by atoms with Crippen molar-refractivity contribution in [2.45, 2.75) is 25.7 Å². The maximum absolute atomic E-state index is 13.5. The van der Waals surface area contributed by atoms with E-state index in [2.05, 4.69) is 20.5 Å². The van der Waals surface area contributed by atoms with Crippen LogP contribution in [0, 0.1) is 5.82 Å². The first-order chi connectivity index (χ1) is 13.1. The summed E-state index contributed by atoms with van der Waals surface area (Å²) in [5.41, 5.74) is 1.17. The van der Waals surface area contributed by atoms with E-state index in [-0.39, 0.29) is 10.7 Å². The molecule has 0 bridgehead atoms. The normalized spacial score (nSPS) is 10.7. The highest BCUT2D eigenvalue weighted by Gasteiger charge is 2.09. The number of hydrogen-bond acceptors (Lipinski definition) is 6. The molecule has 0 aromatic carbocycles. The van der Waals surface area contributed by atoms with Gasteiger partial charge in [0, 0.05) is 12.7 Å². The molecule has 0 amide bonds. The van der Waals surface area contributed by atoms with Crippen LogP contribution in [-0.2, 0) is 6.42 Å². The first-order valence-corrected chi connectivity index (χ1v) is 9.45. The molecule has 0 spiro atoms. The molecule has 0 unspecified atom stereocenters. The van der Waals surface area contributed by atoms with Gasteiger partial charge in [-0.2, -0.15) is 0 Å². The number of nitrogens with zero attached hydrogens (tertiary/aromatic N) is 3. The molecule has 3 aromatic heterocycles. The number of carboxylic acid groups (broad SMARTS) is 1. The van der Waals surface area contributed by atoms with Crippen LogP contribution in [0.5, 0.6) is 0 Å². The number of thiophene rings is 1. The number of nitrogens with one attached hydrogen (secondary N) is 1. The van der Waals surface area contributed by atoms with Crippen molar-refractivity contribution in [2.24, 2.45) is 0 Å². The van der Waals surface area contributed by atoms with E-state index in [1.807, 2.05) is 12.1 Å². The second-order valence-electron chi connectivity index (χ2n) is 5.94. The number of rotatable bonds is 9. The molecule has 27 heavy (non-hydrogen) atoms. The monoisotopic (exact) mass is 386 g/mol. The molecule has 0 atom stereocenters. The number of hydrogen-bond donors (Lipinski definition) is 2. The number of aromatic carboxylic acids is 1. The zero-order valence-electron chi connectivity index (χ0n) is 14.6. The molecule has 3 heterocycles. The van der Waals surface area contributed by atoms with Crippen LogP contribution in [0.15, 0.2) is 42.6 Å². The van der Waals surface area contributed by atoms with Crippen molar-refractivity contribution in [1.29, 1.82) is 0 Å². The second-order valence-corrected chi connectivity index (χ2v) is 7.03. The van der Waals surface area contributed by atoms with E-state index in [0.29, 0.717) is 23.6 Å². The third kappa shape index (κ3) is 5.30. The van der Waals surface area contributed by atoms with Crippen molar-refractivity contribution in [1.82, 2.24) is 15.2 Å². The summed E-state index contributed by atoms with van der Waals surface area (Å²) in [6, 6.07) is 9.97. The van der Waals surface area contributed by atoms with Gasteiger partial charge in [0.05, 0.1) is 10.6 Å². The van der Waals surface area contributed by atoms with Crippen LogP contribution in [0.3, 0.4) is 0 Å². The first-order valence-electron chi connectivity index (χ1n) is 8.64. The Labute approximate surface area is 160 Å². The van der Waals surface area contributed by atoms with Gasteiger partial charge in [-0.15, -0.1) is 21.5 Å². The second kappa shape index (κ2) is 9.18. The fourth-order valence-electron chi connectivity index (χ4n) is 2.56. The Morgan fingerprint density at radius 1 is 1.11 bits per heavy atom. The van der Waals surface area contributed by atoms with Crippen molar-refractivity contribution in [3.63, 3.8) is 0 Å². The highest BCUT2D eigenvalue weighted by molar-refractivity contribution is 7.17. The number of aryl methyl sites for hydroxylation is 1. The Balaban J connectivity index is 1.40. The molecule has 3 aromatic rings. The average molecular weight is 386 g/mol. The molecule has 0 aliphatic carbocycles. The lowest BCUT2D eigenvalue weighted by molar-refractivity contribution is 0.0702. The molecule has 0 aliphatic rings. The molecular formula is C19H19FN4O2S. The van der Waals surface area contributed by atoms with E-state index in [9.17, 15) is 9.18 Å². The van der Waals surface area contributed by atoms with E-state index < -0.39 is 5.97 Å². The summed E-state index contributed by atoms with van der Waals surface area (Å²) < 4.78 is 13.5. The minimum absolute atomic E-state index is 0.243. The minimum Gasteiger partial charge on any atom is -0.477 e. The number of halogens is 1. The zero-order valence-corrected chi connectivity index (χ0v) is 15.4. The molecule has 0 aliphatic heterocycles.